The molecule has 2 nitrogen and oxygen atoms in total. The summed E-state index contributed by atoms with van der Waals surface area (Å²) >= 11 is 0. The predicted molar refractivity (Wildman–Crippen MR) is 75.7 cm³/mol. The molecule has 18 heavy (non-hydrogen) atoms. The van der Waals surface area contributed by atoms with Crippen molar-refractivity contribution in [2.75, 3.05) is 0 Å². The molecule has 1 aliphatic heterocycles. The molecule has 1 atom stereocenters. The van der Waals surface area contributed by atoms with E-state index in [1.54, 1.807) is 0 Å². The summed E-state index contributed by atoms with van der Waals surface area (Å²) < 4.78 is 0. The van der Waals surface area contributed by atoms with E-state index in [0.717, 1.165) is 12.8 Å². The molecule has 0 aromatic heterocycles. The van der Waals surface area contributed by atoms with E-state index >= 15 is 0 Å². The number of unbranched alkanes of at least 4 members (excludes halogenated alkanes) is 4. The van der Waals surface area contributed by atoms with E-state index in [4.69, 9.17) is 4.84 Å². The molecule has 0 spiro atoms. The minimum atomic E-state index is 0.150. The van der Waals surface area contributed by atoms with Gasteiger partial charge < -0.3 is 4.84 Å². The second-order valence-corrected chi connectivity index (χ2v) is 5.03. The van der Waals surface area contributed by atoms with E-state index in [2.05, 4.69) is 36.3 Å². The average molecular weight is 245 g/mol. The van der Waals surface area contributed by atoms with Gasteiger partial charge in [0.15, 0.2) is 6.10 Å². The molecule has 0 N–H and O–H groups in total. The van der Waals surface area contributed by atoms with Crippen LogP contribution in [0.4, 0.5) is 0 Å². The van der Waals surface area contributed by atoms with E-state index < -0.39 is 0 Å². The SMILES string of the molecule is CCCCCCCC1=NOC(c2ccccc2)C1. The van der Waals surface area contributed by atoms with Gasteiger partial charge in [-0.15, -0.1) is 0 Å². The van der Waals surface area contributed by atoms with Crippen molar-refractivity contribution >= 4 is 5.71 Å². The largest absolute Gasteiger partial charge is 0.387 e. The fourth-order valence-electron chi connectivity index (χ4n) is 2.35. The lowest BCUT2D eigenvalue weighted by Gasteiger charge is -2.07. The van der Waals surface area contributed by atoms with Gasteiger partial charge in [0.1, 0.15) is 0 Å². The van der Waals surface area contributed by atoms with Crippen molar-refractivity contribution in [1.29, 1.82) is 0 Å². The first-order chi connectivity index (χ1) is 8.90. The van der Waals surface area contributed by atoms with Crippen molar-refractivity contribution in [2.45, 2.75) is 58.0 Å². The summed E-state index contributed by atoms with van der Waals surface area (Å²) in [5, 5.41) is 4.23. The lowest BCUT2D eigenvalue weighted by atomic mass is 10.0. The summed E-state index contributed by atoms with van der Waals surface area (Å²) in [4.78, 5) is 5.52. The molecule has 0 bridgehead atoms. The summed E-state index contributed by atoms with van der Waals surface area (Å²) in [6, 6.07) is 10.4. The highest BCUT2D eigenvalue weighted by molar-refractivity contribution is 5.85. The monoisotopic (exact) mass is 245 g/mol. The number of hydrogen-bond donors (Lipinski definition) is 0. The Morgan fingerprint density at radius 1 is 1.11 bits per heavy atom. The average Bonchev–Trinajstić information content (AvgIpc) is 2.88. The first kappa shape index (κ1) is 13.1. The molecule has 0 saturated carbocycles. The summed E-state index contributed by atoms with van der Waals surface area (Å²) in [6.07, 6.45) is 8.82. The molecule has 0 radical (unpaired) electrons. The lowest BCUT2D eigenvalue weighted by Crippen LogP contribution is -2.00. The van der Waals surface area contributed by atoms with Crippen LogP contribution in [0.25, 0.3) is 0 Å². The van der Waals surface area contributed by atoms with Crippen LogP contribution in [0.1, 0.15) is 63.5 Å². The molecule has 2 heteroatoms. The van der Waals surface area contributed by atoms with Gasteiger partial charge in [0.25, 0.3) is 0 Å². The molecule has 0 amide bonds. The zero-order valence-corrected chi connectivity index (χ0v) is 11.3. The molecule has 0 fully saturated rings. The Bertz CT molecular complexity index is 372. The summed E-state index contributed by atoms with van der Waals surface area (Å²) in [6.45, 7) is 2.25. The fourth-order valence-corrected chi connectivity index (χ4v) is 2.35. The topological polar surface area (TPSA) is 21.6 Å². The van der Waals surface area contributed by atoms with Crippen LogP contribution in [0.15, 0.2) is 35.5 Å². The van der Waals surface area contributed by atoms with E-state index in [1.807, 2.05) is 6.07 Å². The number of nitrogens with zero attached hydrogens (tertiary/aromatic N) is 1. The normalized spacial score (nSPS) is 18.5. The number of hydrogen-bond acceptors (Lipinski definition) is 2. The maximum absolute atomic E-state index is 5.52. The Kier molecular flexibility index (Phi) is 5.25. The van der Waals surface area contributed by atoms with Gasteiger partial charge in [0.2, 0.25) is 0 Å². The maximum Gasteiger partial charge on any atom is 0.157 e. The van der Waals surface area contributed by atoms with E-state index in [9.17, 15) is 0 Å². The standard InChI is InChI=1S/C16H23NO/c1-2-3-4-5-9-12-15-13-16(18-17-15)14-10-7-6-8-11-14/h6-8,10-11,16H,2-5,9,12-13H2,1H3. The van der Waals surface area contributed by atoms with Crippen molar-refractivity contribution in [3.8, 4) is 0 Å². The Morgan fingerprint density at radius 3 is 2.67 bits per heavy atom. The van der Waals surface area contributed by atoms with E-state index in [1.165, 1.54) is 43.4 Å². The number of oxime groups is 1. The highest BCUT2D eigenvalue weighted by atomic mass is 16.6. The van der Waals surface area contributed by atoms with Crippen molar-refractivity contribution in [3.63, 3.8) is 0 Å². The molecule has 1 aliphatic rings. The zero-order valence-electron chi connectivity index (χ0n) is 11.3. The first-order valence-corrected chi connectivity index (χ1v) is 7.16. The molecule has 1 unspecified atom stereocenters. The number of benzene rings is 1. The van der Waals surface area contributed by atoms with Crippen LogP contribution in [-0.2, 0) is 4.84 Å². The van der Waals surface area contributed by atoms with Crippen molar-refractivity contribution in [1.82, 2.24) is 0 Å². The molecule has 1 aromatic rings. The van der Waals surface area contributed by atoms with Gasteiger partial charge in [-0.25, -0.2) is 0 Å². The number of rotatable bonds is 7. The van der Waals surface area contributed by atoms with Crippen molar-refractivity contribution < 1.29 is 4.84 Å². The van der Waals surface area contributed by atoms with Gasteiger partial charge >= 0.3 is 0 Å². The lowest BCUT2D eigenvalue weighted by molar-refractivity contribution is 0.0857. The zero-order chi connectivity index (χ0) is 12.6. The van der Waals surface area contributed by atoms with Crippen LogP contribution in [0.2, 0.25) is 0 Å². The maximum atomic E-state index is 5.52. The highest BCUT2D eigenvalue weighted by Gasteiger charge is 2.21. The third kappa shape index (κ3) is 3.86. The van der Waals surface area contributed by atoms with Crippen LogP contribution < -0.4 is 0 Å². The van der Waals surface area contributed by atoms with Crippen molar-refractivity contribution in [3.05, 3.63) is 35.9 Å². The van der Waals surface area contributed by atoms with Gasteiger partial charge in [-0.2, -0.15) is 0 Å². The Labute approximate surface area is 110 Å². The second-order valence-electron chi connectivity index (χ2n) is 5.03. The van der Waals surface area contributed by atoms with Crippen LogP contribution in [0.5, 0.6) is 0 Å². The van der Waals surface area contributed by atoms with Gasteiger partial charge in [-0.1, -0.05) is 68.1 Å². The molecule has 98 valence electrons. The third-order valence-corrected chi connectivity index (χ3v) is 3.47. The quantitative estimate of drug-likeness (QED) is 0.628. The Balaban J connectivity index is 1.68. The van der Waals surface area contributed by atoms with Gasteiger partial charge in [-0.05, 0) is 18.4 Å². The fraction of sp³-hybridized carbons (Fsp3) is 0.562. The predicted octanol–water partition coefficient (Wildman–Crippen LogP) is 4.86. The Hall–Kier alpha value is -1.31. The first-order valence-electron chi connectivity index (χ1n) is 7.16. The minimum Gasteiger partial charge on any atom is -0.387 e. The second kappa shape index (κ2) is 7.20. The smallest absolute Gasteiger partial charge is 0.157 e. The summed E-state index contributed by atoms with van der Waals surface area (Å²) in [5.74, 6) is 0. The van der Waals surface area contributed by atoms with Crippen LogP contribution in [0.3, 0.4) is 0 Å². The summed E-state index contributed by atoms with van der Waals surface area (Å²) in [7, 11) is 0. The van der Waals surface area contributed by atoms with Gasteiger partial charge in [0, 0.05) is 6.42 Å². The minimum absolute atomic E-state index is 0.150. The van der Waals surface area contributed by atoms with Crippen molar-refractivity contribution in [2.24, 2.45) is 5.16 Å². The van der Waals surface area contributed by atoms with Gasteiger partial charge in [0.05, 0.1) is 5.71 Å². The van der Waals surface area contributed by atoms with Crippen LogP contribution in [-0.4, -0.2) is 5.71 Å². The summed E-state index contributed by atoms with van der Waals surface area (Å²) in [5.41, 5.74) is 2.47. The molecular weight excluding hydrogens is 222 g/mol. The molecule has 1 heterocycles. The molecule has 2 rings (SSSR count). The van der Waals surface area contributed by atoms with E-state index in [-0.39, 0.29) is 6.10 Å². The van der Waals surface area contributed by atoms with Crippen LogP contribution >= 0.6 is 0 Å². The van der Waals surface area contributed by atoms with Gasteiger partial charge in [-0.3, -0.25) is 0 Å². The molecular formula is C16H23NO. The molecule has 0 aliphatic carbocycles. The Morgan fingerprint density at radius 2 is 1.89 bits per heavy atom. The van der Waals surface area contributed by atoms with Crippen LogP contribution in [0, 0.1) is 0 Å². The van der Waals surface area contributed by atoms with E-state index in [0.29, 0.717) is 0 Å². The molecule has 0 saturated heterocycles. The third-order valence-electron chi connectivity index (χ3n) is 3.47. The molecule has 1 aromatic carbocycles. The highest BCUT2D eigenvalue weighted by Crippen LogP contribution is 2.28.